The number of carbonyl (C=O) groups is 2. The van der Waals surface area contributed by atoms with Crippen molar-refractivity contribution in [3.63, 3.8) is 0 Å². The first kappa shape index (κ1) is 22.1. The van der Waals surface area contributed by atoms with Crippen LogP contribution in [0.25, 0.3) is 0 Å². The number of ether oxygens (including phenoxy) is 4. The highest BCUT2D eigenvalue weighted by Crippen LogP contribution is 2.33. The van der Waals surface area contributed by atoms with Gasteiger partial charge in [0.2, 0.25) is 0 Å². The van der Waals surface area contributed by atoms with E-state index in [1.165, 1.54) is 18.9 Å². The van der Waals surface area contributed by atoms with Crippen molar-refractivity contribution in [1.29, 1.82) is 0 Å². The second kappa shape index (κ2) is 8.14. The summed E-state index contributed by atoms with van der Waals surface area (Å²) in [4.78, 5) is 24.3. The number of esters is 1. The molecule has 2 atom stereocenters. The predicted octanol–water partition coefficient (Wildman–Crippen LogP) is 2.72. The third-order valence-electron chi connectivity index (χ3n) is 3.50. The number of rotatable bonds is 6. The minimum atomic E-state index is -0.854. The van der Waals surface area contributed by atoms with Crippen molar-refractivity contribution in [2.75, 3.05) is 19.5 Å². The molecule has 1 aliphatic heterocycles. The maximum Gasteiger partial charge on any atom is 0.408 e. The van der Waals surface area contributed by atoms with E-state index in [1.54, 1.807) is 20.8 Å². The third kappa shape index (κ3) is 7.42. The molecule has 0 aromatic carbocycles. The molecular weight excluding hydrogens is 346 g/mol. The van der Waals surface area contributed by atoms with Crippen LogP contribution in [0.3, 0.4) is 0 Å². The van der Waals surface area contributed by atoms with Gasteiger partial charge in [0.25, 0.3) is 0 Å². The molecule has 146 valence electrons. The van der Waals surface area contributed by atoms with Gasteiger partial charge in [0.1, 0.15) is 11.6 Å². The molecule has 1 N–H and O–H groups in total. The summed E-state index contributed by atoms with van der Waals surface area (Å²) >= 11 is 1.51. The first-order chi connectivity index (χ1) is 11.3. The van der Waals surface area contributed by atoms with Crippen LogP contribution in [0.1, 0.15) is 48.5 Å². The molecule has 0 unspecified atom stereocenters. The van der Waals surface area contributed by atoms with Gasteiger partial charge in [-0.3, -0.25) is 0 Å². The number of alkyl carbamates (subject to hydrolysis) is 1. The Hall–Kier alpha value is -0.990. The molecule has 1 fully saturated rings. The van der Waals surface area contributed by atoms with Crippen LogP contribution >= 0.6 is 11.8 Å². The van der Waals surface area contributed by atoms with Crippen molar-refractivity contribution in [3.05, 3.63) is 0 Å². The molecule has 0 bridgehead atoms. The molecule has 1 aliphatic rings. The molecule has 0 spiro atoms. The van der Waals surface area contributed by atoms with E-state index < -0.39 is 34.2 Å². The monoisotopic (exact) mass is 377 g/mol. The lowest BCUT2D eigenvalue weighted by Crippen LogP contribution is -2.54. The van der Waals surface area contributed by atoms with E-state index >= 15 is 0 Å². The number of hydrogen-bond donors (Lipinski definition) is 1. The van der Waals surface area contributed by atoms with Gasteiger partial charge in [-0.15, -0.1) is 0 Å². The van der Waals surface area contributed by atoms with Crippen molar-refractivity contribution in [2.45, 2.75) is 76.7 Å². The van der Waals surface area contributed by atoms with Gasteiger partial charge in [-0.05, 0) is 48.5 Å². The van der Waals surface area contributed by atoms with Crippen LogP contribution in [0, 0.1) is 0 Å². The molecule has 7 nitrogen and oxygen atoms in total. The van der Waals surface area contributed by atoms with Crippen molar-refractivity contribution >= 4 is 23.8 Å². The molecule has 0 aliphatic carbocycles. The summed E-state index contributed by atoms with van der Waals surface area (Å²) in [6.45, 7) is 13.3. The summed E-state index contributed by atoms with van der Waals surface area (Å²) in [5.74, 6) is -0.487. The fourth-order valence-electron chi connectivity index (χ4n) is 2.30. The molecular formula is C17H31NO6S. The molecule has 0 radical (unpaired) electrons. The molecule has 1 saturated heterocycles. The average molecular weight is 378 g/mol. The Bertz CT molecular complexity index is 486. The quantitative estimate of drug-likeness (QED) is 0.713. The molecule has 1 amide bonds. The van der Waals surface area contributed by atoms with Crippen LogP contribution < -0.4 is 5.32 Å². The van der Waals surface area contributed by atoms with Gasteiger partial charge in [-0.25, -0.2) is 9.59 Å². The second-order valence-corrected chi connectivity index (χ2v) is 9.64. The normalized spacial score (nSPS) is 21.5. The molecule has 0 aromatic heterocycles. The minimum absolute atomic E-state index is 0.0703. The van der Waals surface area contributed by atoms with Crippen molar-refractivity contribution < 1.29 is 28.5 Å². The lowest BCUT2D eigenvalue weighted by molar-refractivity contribution is -0.143. The lowest BCUT2D eigenvalue weighted by atomic mass is 10.0. The fourth-order valence-corrected chi connectivity index (χ4v) is 3.40. The number of thioether (sulfide) groups is 1. The van der Waals surface area contributed by atoms with Crippen LogP contribution in [0.4, 0.5) is 4.79 Å². The molecule has 1 rings (SSSR count). The van der Waals surface area contributed by atoms with Gasteiger partial charge in [-0.1, -0.05) is 0 Å². The van der Waals surface area contributed by atoms with Gasteiger partial charge >= 0.3 is 12.1 Å². The third-order valence-corrected chi connectivity index (χ3v) is 5.02. The van der Waals surface area contributed by atoms with E-state index in [0.717, 1.165) is 0 Å². The average Bonchev–Trinajstić information content (AvgIpc) is 2.79. The zero-order valence-electron chi connectivity index (χ0n) is 16.4. The topological polar surface area (TPSA) is 83.1 Å². The van der Waals surface area contributed by atoms with E-state index in [0.29, 0.717) is 12.4 Å². The summed E-state index contributed by atoms with van der Waals surface area (Å²) in [5.41, 5.74) is -0.650. The first-order valence-corrected chi connectivity index (χ1v) is 9.27. The number of nitrogens with one attached hydrogen (secondary N) is 1. The molecule has 8 heteroatoms. The first-order valence-electron chi connectivity index (χ1n) is 8.29. The molecule has 1 heterocycles. The smallest absolute Gasteiger partial charge is 0.408 e. The summed E-state index contributed by atoms with van der Waals surface area (Å²) < 4.78 is 20.8. The molecule has 25 heavy (non-hydrogen) atoms. The second-order valence-electron chi connectivity index (χ2n) is 7.97. The summed E-state index contributed by atoms with van der Waals surface area (Å²) in [6.07, 6.45) is -0.725. The van der Waals surface area contributed by atoms with Crippen LogP contribution in [-0.2, 0) is 23.7 Å². The van der Waals surface area contributed by atoms with Gasteiger partial charge in [0, 0.05) is 10.5 Å². The highest BCUT2D eigenvalue weighted by molar-refractivity contribution is 8.00. The van der Waals surface area contributed by atoms with Crippen LogP contribution in [0.5, 0.6) is 0 Å². The Balaban J connectivity index is 2.72. The standard InChI is InChI=1S/C17H31NO6S/c1-15(2,3)24-14(20)18-12(13(19)21-8)16(4,5)25-10-11-9-22-17(6,7)23-11/h11-12H,9-10H2,1-8H3,(H,18,20)/t11-,12-/m1/s1. The van der Waals surface area contributed by atoms with Crippen LogP contribution in [0.2, 0.25) is 0 Å². The number of carbonyl (C=O) groups excluding carboxylic acids is 2. The van der Waals surface area contributed by atoms with Crippen LogP contribution in [0.15, 0.2) is 0 Å². The summed E-state index contributed by atoms with van der Waals surface area (Å²) in [7, 11) is 1.29. The minimum Gasteiger partial charge on any atom is -0.467 e. The zero-order chi connectivity index (χ0) is 19.5. The van der Waals surface area contributed by atoms with Crippen molar-refractivity contribution in [1.82, 2.24) is 5.32 Å². The Morgan fingerprint density at radius 2 is 1.88 bits per heavy atom. The maximum atomic E-state index is 12.2. The number of methoxy groups -OCH3 is 1. The fraction of sp³-hybridized carbons (Fsp3) is 0.882. The molecule has 0 saturated carbocycles. The van der Waals surface area contributed by atoms with Crippen molar-refractivity contribution in [2.24, 2.45) is 0 Å². The van der Waals surface area contributed by atoms with Gasteiger partial charge < -0.3 is 24.3 Å². The number of amides is 1. The lowest BCUT2D eigenvalue weighted by Gasteiger charge is -2.33. The van der Waals surface area contributed by atoms with E-state index in [4.69, 9.17) is 18.9 Å². The van der Waals surface area contributed by atoms with Gasteiger partial charge in [0.15, 0.2) is 5.79 Å². The van der Waals surface area contributed by atoms with E-state index in [9.17, 15) is 9.59 Å². The Kier molecular flexibility index (Phi) is 7.18. The van der Waals surface area contributed by atoms with E-state index in [-0.39, 0.29) is 6.10 Å². The van der Waals surface area contributed by atoms with Gasteiger partial charge in [0.05, 0.1) is 19.8 Å². The predicted molar refractivity (Wildman–Crippen MR) is 96.6 cm³/mol. The Labute approximate surface area is 154 Å². The Morgan fingerprint density at radius 1 is 1.28 bits per heavy atom. The number of hydrogen-bond acceptors (Lipinski definition) is 7. The largest absolute Gasteiger partial charge is 0.467 e. The van der Waals surface area contributed by atoms with Gasteiger partial charge in [-0.2, -0.15) is 11.8 Å². The zero-order valence-corrected chi connectivity index (χ0v) is 17.2. The van der Waals surface area contributed by atoms with E-state index in [2.05, 4.69) is 5.32 Å². The van der Waals surface area contributed by atoms with E-state index in [1.807, 2.05) is 27.7 Å². The summed E-state index contributed by atoms with van der Waals surface area (Å²) in [6, 6.07) is -0.854. The SMILES string of the molecule is COC(=O)[C@@H](NC(=O)OC(C)(C)C)C(C)(C)SC[C@H]1COC(C)(C)O1. The highest BCUT2D eigenvalue weighted by Gasteiger charge is 2.41. The molecule has 0 aromatic rings. The maximum absolute atomic E-state index is 12.2. The Morgan fingerprint density at radius 3 is 2.32 bits per heavy atom. The highest BCUT2D eigenvalue weighted by atomic mass is 32.2. The summed E-state index contributed by atoms with van der Waals surface area (Å²) in [5, 5.41) is 2.63. The van der Waals surface area contributed by atoms with Crippen LogP contribution in [-0.4, -0.2) is 59.8 Å². The van der Waals surface area contributed by atoms with Crippen molar-refractivity contribution in [3.8, 4) is 0 Å².